The number of hydrogen-bond donors (Lipinski definition) is 0. The highest BCUT2D eigenvalue weighted by Crippen LogP contribution is 2.32. The monoisotopic (exact) mass is 454 g/mol. The molecule has 0 saturated carbocycles. The number of ether oxygens (including phenoxy) is 3. The molecule has 0 aliphatic carbocycles. The van der Waals surface area contributed by atoms with Gasteiger partial charge in [0.25, 0.3) is 0 Å². The number of unbranched alkanes of at least 4 members (excludes halogenated alkanes) is 3. The first kappa shape index (κ1) is 24.7. The Bertz CT molecular complexity index is 985. The van der Waals surface area contributed by atoms with Gasteiger partial charge >= 0.3 is 0 Å². The maximum atomic E-state index is 14.7. The molecule has 0 fully saturated rings. The van der Waals surface area contributed by atoms with Crippen molar-refractivity contribution in [3.05, 3.63) is 72.3 Å². The minimum atomic E-state index is -0.946. The predicted octanol–water partition coefficient (Wildman–Crippen LogP) is 7.67. The van der Waals surface area contributed by atoms with Gasteiger partial charge < -0.3 is 14.2 Å². The first-order valence-electron chi connectivity index (χ1n) is 11.6. The lowest BCUT2D eigenvalue weighted by Gasteiger charge is -2.11. The molecule has 0 spiro atoms. The smallest absolute Gasteiger partial charge is 0.201 e. The van der Waals surface area contributed by atoms with E-state index in [4.69, 9.17) is 14.2 Å². The van der Waals surface area contributed by atoms with Gasteiger partial charge in [-0.2, -0.15) is 4.39 Å². The predicted molar refractivity (Wildman–Crippen MR) is 129 cm³/mol. The van der Waals surface area contributed by atoms with E-state index in [0.29, 0.717) is 18.8 Å². The quantitative estimate of drug-likeness (QED) is 0.248. The number of methoxy groups -OCH3 is 1. The summed E-state index contributed by atoms with van der Waals surface area (Å²) in [7, 11) is 1.68. The van der Waals surface area contributed by atoms with Crippen LogP contribution in [0.1, 0.15) is 39.0 Å². The van der Waals surface area contributed by atoms with Crippen molar-refractivity contribution in [2.45, 2.75) is 39.0 Å². The van der Waals surface area contributed by atoms with Crippen LogP contribution in [0.3, 0.4) is 0 Å². The average molecular weight is 455 g/mol. The molecule has 176 valence electrons. The Labute approximate surface area is 195 Å². The molecule has 0 N–H and O–H groups in total. The Morgan fingerprint density at radius 3 is 1.85 bits per heavy atom. The maximum Gasteiger partial charge on any atom is 0.201 e. The van der Waals surface area contributed by atoms with Gasteiger partial charge in [-0.15, -0.1) is 0 Å². The molecule has 3 aromatic rings. The number of benzene rings is 3. The molecule has 0 bridgehead atoms. The van der Waals surface area contributed by atoms with Crippen molar-refractivity contribution in [3.63, 3.8) is 0 Å². The highest BCUT2D eigenvalue weighted by Gasteiger charge is 2.16. The van der Waals surface area contributed by atoms with Crippen molar-refractivity contribution in [2.24, 2.45) is 0 Å². The van der Waals surface area contributed by atoms with Gasteiger partial charge in [-0.3, -0.25) is 0 Å². The molecule has 33 heavy (non-hydrogen) atoms. The highest BCUT2D eigenvalue weighted by molar-refractivity contribution is 5.71. The Balaban J connectivity index is 1.62. The molecule has 0 radical (unpaired) electrons. The van der Waals surface area contributed by atoms with Crippen molar-refractivity contribution in [1.29, 1.82) is 0 Å². The molecular formula is C28H32F2O3. The molecule has 0 amide bonds. The van der Waals surface area contributed by atoms with Crippen LogP contribution in [0, 0.1) is 11.6 Å². The topological polar surface area (TPSA) is 27.7 Å². The lowest BCUT2D eigenvalue weighted by molar-refractivity contribution is 0.190. The summed E-state index contributed by atoms with van der Waals surface area (Å²) in [5.74, 6) is -1.05. The second-order valence-corrected chi connectivity index (χ2v) is 7.94. The van der Waals surface area contributed by atoms with Crippen LogP contribution in [0.2, 0.25) is 0 Å². The first-order chi connectivity index (χ1) is 16.1. The Morgan fingerprint density at radius 2 is 1.21 bits per heavy atom. The van der Waals surface area contributed by atoms with E-state index in [1.54, 1.807) is 25.3 Å². The SMILES string of the molecule is CCCOc1ccc(-c2ccc(-c3ccc(OCCCCCCOC)c(F)c3F)cc2)cc1. The van der Waals surface area contributed by atoms with Crippen molar-refractivity contribution in [2.75, 3.05) is 26.9 Å². The van der Waals surface area contributed by atoms with Gasteiger partial charge in [-0.1, -0.05) is 49.7 Å². The van der Waals surface area contributed by atoms with Crippen LogP contribution >= 0.6 is 0 Å². The minimum Gasteiger partial charge on any atom is -0.494 e. The van der Waals surface area contributed by atoms with Gasteiger partial charge in [0.1, 0.15) is 5.75 Å². The van der Waals surface area contributed by atoms with Gasteiger partial charge in [0.2, 0.25) is 5.82 Å². The van der Waals surface area contributed by atoms with E-state index in [2.05, 4.69) is 6.92 Å². The van der Waals surface area contributed by atoms with E-state index >= 15 is 0 Å². The number of hydrogen-bond acceptors (Lipinski definition) is 3. The summed E-state index contributed by atoms with van der Waals surface area (Å²) in [6, 6.07) is 18.3. The van der Waals surface area contributed by atoms with Crippen LogP contribution in [0.25, 0.3) is 22.3 Å². The maximum absolute atomic E-state index is 14.7. The summed E-state index contributed by atoms with van der Waals surface area (Å²) in [4.78, 5) is 0. The zero-order valence-corrected chi connectivity index (χ0v) is 19.4. The van der Waals surface area contributed by atoms with Crippen LogP contribution in [0.5, 0.6) is 11.5 Å². The van der Waals surface area contributed by atoms with E-state index in [1.165, 1.54) is 6.07 Å². The lowest BCUT2D eigenvalue weighted by atomic mass is 9.99. The van der Waals surface area contributed by atoms with Gasteiger partial charge in [0.15, 0.2) is 11.6 Å². The molecule has 3 rings (SSSR count). The van der Waals surface area contributed by atoms with Crippen molar-refractivity contribution >= 4 is 0 Å². The Morgan fingerprint density at radius 1 is 0.606 bits per heavy atom. The summed E-state index contributed by atoms with van der Waals surface area (Å²) >= 11 is 0. The van der Waals surface area contributed by atoms with Crippen LogP contribution < -0.4 is 9.47 Å². The molecule has 0 saturated heterocycles. The molecule has 0 unspecified atom stereocenters. The zero-order valence-electron chi connectivity index (χ0n) is 19.4. The second kappa shape index (κ2) is 12.9. The van der Waals surface area contributed by atoms with E-state index in [0.717, 1.165) is 55.6 Å². The molecule has 0 heterocycles. The Hall–Kier alpha value is -2.92. The summed E-state index contributed by atoms with van der Waals surface area (Å²) in [6.45, 7) is 3.86. The second-order valence-electron chi connectivity index (χ2n) is 7.94. The molecule has 0 atom stereocenters. The van der Waals surface area contributed by atoms with E-state index in [1.807, 2.05) is 36.4 Å². The van der Waals surface area contributed by atoms with Crippen LogP contribution in [-0.4, -0.2) is 26.9 Å². The largest absolute Gasteiger partial charge is 0.494 e. The van der Waals surface area contributed by atoms with Gasteiger partial charge in [-0.05, 0) is 66.6 Å². The molecule has 0 aromatic heterocycles. The lowest BCUT2D eigenvalue weighted by Crippen LogP contribution is -2.02. The normalized spacial score (nSPS) is 10.9. The van der Waals surface area contributed by atoms with Crippen molar-refractivity contribution in [3.8, 4) is 33.8 Å². The van der Waals surface area contributed by atoms with Crippen molar-refractivity contribution in [1.82, 2.24) is 0 Å². The third kappa shape index (κ3) is 7.03. The highest BCUT2D eigenvalue weighted by atomic mass is 19.2. The molecule has 3 aromatic carbocycles. The molecule has 3 nitrogen and oxygen atoms in total. The summed E-state index contributed by atoms with van der Waals surface area (Å²) < 4.78 is 45.4. The number of halogens is 2. The fourth-order valence-corrected chi connectivity index (χ4v) is 3.56. The van der Waals surface area contributed by atoms with E-state index < -0.39 is 11.6 Å². The molecular weight excluding hydrogens is 422 g/mol. The third-order valence-electron chi connectivity index (χ3n) is 5.40. The van der Waals surface area contributed by atoms with Gasteiger partial charge in [-0.25, -0.2) is 4.39 Å². The molecule has 0 aliphatic heterocycles. The molecule has 0 aliphatic rings. The number of rotatable bonds is 13. The van der Waals surface area contributed by atoms with Gasteiger partial charge in [0, 0.05) is 19.3 Å². The van der Waals surface area contributed by atoms with Crippen LogP contribution in [0.15, 0.2) is 60.7 Å². The minimum absolute atomic E-state index is 0.0462. The average Bonchev–Trinajstić information content (AvgIpc) is 2.85. The third-order valence-corrected chi connectivity index (χ3v) is 5.40. The standard InChI is InChI=1S/C28H32F2O3/c1-3-18-32-24-14-12-22(13-15-24)21-8-10-23(11-9-21)25-16-17-26(28(30)27(25)29)33-20-7-5-4-6-19-31-2/h8-17H,3-7,18-20H2,1-2H3. The summed E-state index contributed by atoms with van der Waals surface area (Å²) in [6.07, 6.45) is 4.74. The van der Waals surface area contributed by atoms with Crippen molar-refractivity contribution < 1.29 is 23.0 Å². The van der Waals surface area contributed by atoms with Crippen LogP contribution in [0.4, 0.5) is 8.78 Å². The van der Waals surface area contributed by atoms with Gasteiger partial charge in [0.05, 0.1) is 13.2 Å². The summed E-state index contributed by atoms with van der Waals surface area (Å²) in [5.41, 5.74) is 2.85. The van der Waals surface area contributed by atoms with Crippen LogP contribution in [-0.2, 0) is 4.74 Å². The fourth-order valence-electron chi connectivity index (χ4n) is 3.56. The van der Waals surface area contributed by atoms with E-state index in [9.17, 15) is 8.78 Å². The fraction of sp³-hybridized carbons (Fsp3) is 0.357. The first-order valence-corrected chi connectivity index (χ1v) is 11.6. The Kier molecular flexibility index (Phi) is 9.70. The van der Waals surface area contributed by atoms with E-state index in [-0.39, 0.29) is 11.3 Å². The molecule has 5 heteroatoms. The zero-order chi connectivity index (χ0) is 23.5. The summed E-state index contributed by atoms with van der Waals surface area (Å²) in [5, 5.41) is 0.